The Kier molecular flexibility index (Phi) is 4.64. The number of rotatable bonds is 3. The molecule has 0 saturated carbocycles. The van der Waals surface area contributed by atoms with Crippen molar-refractivity contribution < 1.29 is 9.53 Å². The molecule has 0 aliphatic carbocycles. The Labute approximate surface area is 181 Å². The van der Waals surface area contributed by atoms with Crippen molar-refractivity contribution in [1.82, 2.24) is 25.1 Å². The maximum absolute atomic E-state index is 12.7. The number of aryl methyl sites for hydroxylation is 1. The minimum absolute atomic E-state index is 0.107. The summed E-state index contributed by atoms with van der Waals surface area (Å²) in [5, 5.41) is 12.1. The molecule has 2 aliphatic rings. The maximum Gasteiger partial charge on any atom is 0.231 e. The van der Waals surface area contributed by atoms with Crippen LogP contribution >= 0.6 is 0 Å². The first-order valence-corrected chi connectivity index (χ1v) is 10.6. The van der Waals surface area contributed by atoms with Crippen molar-refractivity contribution in [3.8, 4) is 11.6 Å². The second-order valence-corrected chi connectivity index (χ2v) is 8.31. The summed E-state index contributed by atoms with van der Waals surface area (Å²) in [5.41, 5.74) is 2.96. The van der Waals surface area contributed by atoms with Crippen molar-refractivity contribution in [1.29, 1.82) is 0 Å². The summed E-state index contributed by atoms with van der Waals surface area (Å²) in [6, 6.07) is 12.1. The van der Waals surface area contributed by atoms with E-state index in [0.29, 0.717) is 5.88 Å². The van der Waals surface area contributed by atoms with Crippen LogP contribution in [-0.2, 0) is 10.3 Å². The number of nitrogens with zero attached hydrogens (tertiary/aromatic N) is 5. The van der Waals surface area contributed by atoms with Crippen LogP contribution in [0.5, 0.6) is 5.88 Å². The summed E-state index contributed by atoms with van der Waals surface area (Å²) >= 11 is 0. The predicted molar refractivity (Wildman–Crippen MR) is 117 cm³/mol. The van der Waals surface area contributed by atoms with Gasteiger partial charge < -0.3 is 15.0 Å². The van der Waals surface area contributed by atoms with Crippen LogP contribution in [0, 0.1) is 6.92 Å². The van der Waals surface area contributed by atoms with E-state index >= 15 is 0 Å². The molecule has 31 heavy (non-hydrogen) atoms. The van der Waals surface area contributed by atoms with Gasteiger partial charge in [-0.1, -0.05) is 24.3 Å². The molecule has 0 radical (unpaired) electrons. The third-order valence-corrected chi connectivity index (χ3v) is 6.59. The monoisotopic (exact) mass is 418 g/mol. The standard InChI is InChI=1S/C23H26N6O2/c1-15-18-6-4-5-7-19(18)23(25-21(15)30)10-12-28(13-11-23)22-27-26-16(2)29(22)17-8-9-20(31-3)24-14-17/h4-9,14-15H,10-13H2,1-3H3,(H,25,30). The van der Waals surface area contributed by atoms with Gasteiger partial charge in [0.25, 0.3) is 0 Å². The van der Waals surface area contributed by atoms with Crippen molar-refractivity contribution in [3.05, 3.63) is 59.5 Å². The number of carbonyl (C=O) groups is 1. The Morgan fingerprint density at radius 1 is 1.13 bits per heavy atom. The quantitative estimate of drug-likeness (QED) is 0.704. The van der Waals surface area contributed by atoms with Gasteiger partial charge >= 0.3 is 0 Å². The highest BCUT2D eigenvalue weighted by Gasteiger charge is 2.44. The number of benzene rings is 1. The number of piperidine rings is 1. The van der Waals surface area contributed by atoms with Crippen molar-refractivity contribution in [2.75, 3.05) is 25.1 Å². The minimum Gasteiger partial charge on any atom is -0.481 e. The third kappa shape index (κ3) is 3.13. The minimum atomic E-state index is -0.321. The number of pyridine rings is 1. The van der Waals surface area contributed by atoms with Crippen LogP contribution in [0.25, 0.3) is 5.69 Å². The smallest absolute Gasteiger partial charge is 0.231 e. The lowest BCUT2D eigenvalue weighted by atomic mass is 9.73. The molecule has 2 aliphatic heterocycles. The number of amides is 1. The van der Waals surface area contributed by atoms with Crippen molar-refractivity contribution >= 4 is 11.9 Å². The van der Waals surface area contributed by atoms with E-state index in [-0.39, 0.29) is 17.4 Å². The normalized spacial score (nSPS) is 19.8. The topological polar surface area (TPSA) is 85.2 Å². The highest BCUT2D eigenvalue weighted by Crippen LogP contribution is 2.42. The van der Waals surface area contributed by atoms with Crippen LogP contribution < -0.4 is 15.0 Å². The molecule has 8 heteroatoms. The molecular weight excluding hydrogens is 392 g/mol. The van der Waals surface area contributed by atoms with Crippen LogP contribution in [-0.4, -0.2) is 45.9 Å². The average molecular weight is 419 g/mol. The van der Waals surface area contributed by atoms with Crippen molar-refractivity contribution in [2.24, 2.45) is 0 Å². The molecule has 1 fully saturated rings. The fourth-order valence-corrected chi connectivity index (χ4v) is 4.83. The van der Waals surface area contributed by atoms with E-state index in [1.54, 1.807) is 13.3 Å². The van der Waals surface area contributed by atoms with Gasteiger partial charge in [-0.2, -0.15) is 0 Å². The molecule has 160 valence electrons. The van der Waals surface area contributed by atoms with Gasteiger partial charge in [0.2, 0.25) is 17.7 Å². The zero-order valence-corrected chi connectivity index (χ0v) is 18.0. The van der Waals surface area contributed by atoms with Crippen LogP contribution in [0.4, 0.5) is 5.95 Å². The van der Waals surface area contributed by atoms with E-state index in [0.717, 1.165) is 49.0 Å². The van der Waals surface area contributed by atoms with Gasteiger partial charge in [-0.05, 0) is 43.9 Å². The Hall–Kier alpha value is -3.42. The van der Waals surface area contributed by atoms with Gasteiger partial charge in [0, 0.05) is 19.2 Å². The molecule has 1 saturated heterocycles. The first-order chi connectivity index (χ1) is 15.0. The molecule has 2 aromatic heterocycles. The Morgan fingerprint density at radius 2 is 1.90 bits per heavy atom. The maximum atomic E-state index is 12.7. The van der Waals surface area contributed by atoms with E-state index in [4.69, 9.17) is 4.74 Å². The van der Waals surface area contributed by atoms with Crippen molar-refractivity contribution in [2.45, 2.75) is 38.1 Å². The summed E-state index contributed by atoms with van der Waals surface area (Å²) in [5.74, 6) is 2.15. The van der Waals surface area contributed by atoms with E-state index in [1.807, 2.05) is 36.6 Å². The van der Waals surface area contributed by atoms with Crippen LogP contribution in [0.15, 0.2) is 42.6 Å². The number of anilines is 1. The molecule has 3 aromatic rings. The number of hydrogen-bond donors (Lipinski definition) is 1. The summed E-state index contributed by atoms with van der Waals surface area (Å²) in [7, 11) is 1.60. The van der Waals surface area contributed by atoms with E-state index in [2.05, 4.69) is 43.6 Å². The zero-order valence-electron chi connectivity index (χ0n) is 18.0. The average Bonchev–Trinajstić information content (AvgIpc) is 3.19. The fourth-order valence-electron chi connectivity index (χ4n) is 4.83. The number of hydrogen-bond acceptors (Lipinski definition) is 6. The molecule has 0 bridgehead atoms. The van der Waals surface area contributed by atoms with Crippen LogP contribution in [0.3, 0.4) is 0 Å². The summed E-state index contributed by atoms with van der Waals surface area (Å²) in [6.45, 7) is 5.45. The van der Waals surface area contributed by atoms with Gasteiger partial charge in [-0.25, -0.2) is 4.98 Å². The van der Waals surface area contributed by atoms with Crippen LogP contribution in [0.2, 0.25) is 0 Å². The molecule has 1 amide bonds. The Morgan fingerprint density at radius 3 is 2.61 bits per heavy atom. The molecular formula is C23H26N6O2. The molecule has 1 N–H and O–H groups in total. The van der Waals surface area contributed by atoms with Gasteiger partial charge in [-0.3, -0.25) is 9.36 Å². The van der Waals surface area contributed by atoms with Gasteiger partial charge in [0.05, 0.1) is 30.5 Å². The fraction of sp³-hybridized carbons (Fsp3) is 0.391. The first kappa shape index (κ1) is 19.5. The third-order valence-electron chi connectivity index (χ3n) is 6.59. The van der Waals surface area contributed by atoms with E-state index < -0.39 is 0 Å². The highest BCUT2D eigenvalue weighted by atomic mass is 16.5. The van der Waals surface area contributed by atoms with Gasteiger partial charge in [0.15, 0.2) is 0 Å². The highest BCUT2D eigenvalue weighted by molar-refractivity contribution is 5.87. The summed E-state index contributed by atoms with van der Waals surface area (Å²) in [4.78, 5) is 19.3. The summed E-state index contributed by atoms with van der Waals surface area (Å²) in [6.07, 6.45) is 3.40. The van der Waals surface area contributed by atoms with Crippen LogP contribution in [0.1, 0.15) is 42.6 Å². The predicted octanol–water partition coefficient (Wildman–Crippen LogP) is 2.71. The Balaban J connectivity index is 1.43. The first-order valence-electron chi connectivity index (χ1n) is 10.6. The molecule has 5 rings (SSSR count). The zero-order chi connectivity index (χ0) is 21.6. The second kappa shape index (κ2) is 7.37. The molecule has 1 atom stereocenters. The van der Waals surface area contributed by atoms with E-state index in [9.17, 15) is 4.79 Å². The molecule has 4 heterocycles. The molecule has 1 unspecified atom stereocenters. The van der Waals surface area contributed by atoms with Gasteiger partial charge in [0.1, 0.15) is 5.82 Å². The number of methoxy groups -OCH3 is 1. The van der Waals surface area contributed by atoms with Crippen molar-refractivity contribution in [3.63, 3.8) is 0 Å². The molecule has 1 aromatic carbocycles. The lowest BCUT2D eigenvalue weighted by Crippen LogP contribution is -2.57. The largest absolute Gasteiger partial charge is 0.481 e. The number of carbonyl (C=O) groups excluding carboxylic acids is 1. The number of aromatic nitrogens is 4. The molecule has 1 spiro atoms. The lowest BCUT2D eigenvalue weighted by molar-refractivity contribution is -0.125. The Bertz CT molecular complexity index is 1120. The number of fused-ring (bicyclic) bond motifs is 2. The lowest BCUT2D eigenvalue weighted by Gasteiger charge is -2.47. The SMILES string of the molecule is COc1ccc(-n2c(C)nnc2N2CCC3(CC2)NC(=O)C(C)c2ccccc23)cn1. The summed E-state index contributed by atoms with van der Waals surface area (Å²) < 4.78 is 7.19. The van der Waals surface area contributed by atoms with E-state index in [1.165, 1.54) is 5.56 Å². The van der Waals surface area contributed by atoms with Gasteiger partial charge in [-0.15, -0.1) is 10.2 Å². The molecule has 8 nitrogen and oxygen atoms in total. The number of nitrogens with one attached hydrogen (secondary N) is 1. The number of ether oxygens (including phenoxy) is 1. The second-order valence-electron chi connectivity index (χ2n) is 8.31.